The number of unbranched alkanes of at least 4 members (excludes halogenated alkanes) is 3. The highest BCUT2D eigenvalue weighted by Crippen LogP contribution is 2.14. The van der Waals surface area contributed by atoms with E-state index in [4.69, 9.17) is 0 Å². The lowest BCUT2D eigenvalue weighted by atomic mass is 10.2. The van der Waals surface area contributed by atoms with E-state index in [1.807, 2.05) is 6.92 Å². The Labute approximate surface area is 96.1 Å². The lowest BCUT2D eigenvalue weighted by Crippen LogP contribution is -2.45. The molecular weight excluding hydrogens is 208 g/mol. The standard InChI is InChI=1S/C10H20N4O2/c1-3-5-6-7-8-13-10(14(15)16)12(4-2)9-11-13/h9-10H,3-8H2,1-2H3. The topological polar surface area (TPSA) is 62.0 Å². The van der Waals surface area contributed by atoms with Crippen molar-refractivity contribution in [3.63, 3.8) is 0 Å². The van der Waals surface area contributed by atoms with E-state index in [1.54, 1.807) is 16.2 Å². The second-order valence-corrected chi connectivity index (χ2v) is 3.92. The number of hydrogen-bond acceptors (Lipinski definition) is 5. The Balaban J connectivity index is 2.40. The molecule has 0 fully saturated rings. The van der Waals surface area contributed by atoms with Crippen LogP contribution in [0.4, 0.5) is 0 Å². The first-order valence-corrected chi connectivity index (χ1v) is 5.90. The molecule has 6 heteroatoms. The summed E-state index contributed by atoms with van der Waals surface area (Å²) in [5, 5.41) is 16.6. The number of hydrazone groups is 1. The minimum absolute atomic E-state index is 0.281. The molecule has 0 saturated carbocycles. The molecule has 0 N–H and O–H groups in total. The summed E-state index contributed by atoms with van der Waals surface area (Å²) in [5.41, 5.74) is 0. The summed E-state index contributed by atoms with van der Waals surface area (Å²) in [6.45, 7) is 5.31. The average molecular weight is 228 g/mol. The van der Waals surface area contributed by atoms with E-state index in [1.165, 1.54) is 12.8 Å². The van der Waals surface area contributed by atoms with Crippen molar-refractivity contribution in [1.29, 1.82) is 0 Å². The third kappa shape index (κ3) is 3.08. The molecule has 1 aliphatic heterocycles. The summed E-state index contributed by atoms with van der Waals surface area (Å²) in [6.07, 6.45) is 5.19. The molecule has 1 aliphatic rings. The zero-order valence-corrected chi connectivity index (χ0v) is 10.0. The van der Waals surface area contributed by atoms with Crippen LogP contribution in [0.1, 0.15) is 39.5 Å². The maximum absolute atomic E-state index is 10.9. The molecular formula is C10H20N4O2. The van der Waals surface area contributed by atoms with Crippen LogP contribution >= 0.6 is 0 Å². The summed E-state index contributed by atoms with van der Waals surface area (Å²) in [6, 6.07) is 0. The Kier molecular flexibility index (Phi) is 5.01. The van der Waals surface area contributed by atoms with Crippen LogP contribution in [0.15, 0.2) is 5.10 Å². The Hall–Kier alpha value is -1.33. The first kappa shape index (κ1) is 12.7. The molecule has 0 radical (unpaired) electrons. The SMILES string of the molecule is CCCCCCN1N=CN(CC)C1[N+](=O)[O-]. The normalized spacial score (nSPS) is 19.5. The first-order valence-electron chi connectivity index (χ1n) is 5.90. The summed E-state index contributed by atoms with van der Waals surface area (Å²) < 4.78 is 0. The predicted octanol–water partition coefficient (Wildman–Crippen LogP) is 1.71. The molecule has 6 nitrogen and oxygen atoms in total. The van der Waals surface area contributed by atoms with Gasteiger partial charge in [0.05, 0.1) is 4.92 Å². The van der Waals surface area contributed by atoms with Crippen molar-refractivity contribution in [3.05, 3.63) is 10.1 Å². The Bertz CT molecular complexity index is 257. The zero-order chi connectivity index (χ0) is 12.0. The molecule has 1 heterocycles. The van der Waals surface area contributed by atoms with Gasteiger partial charge in [0.2, 0.25) is 0 Å². The highest BCUT2D eigenvalue weighted by Gasteiger charge is 2.36. The van der Waals surface area contributed by atoms with Gasteiger partial charge < -0.3 is 0 Å². The fourth-order valence-corrected chi connectivity index (χ4v) is 1.77. The van der Waals surface area contributed by atoms with Crippen LogP contribution in [0.3, 0.4) is 0 Å². The van der Waals surface area contributed by atoms with E-state index < -0.39 is 6.29 Å². The predicted molar refractivity (Wildman–Crippen MR) is 62.5 cm³/mol. The smallest absolute Gasteiger partial charge is 0.279 e. The zero-order valence-electron chi connectivity index (χ0n) is 10.0. The molecule has 0 aromatic heterocycles. The van der Waals surface area contributed by atoms with Crippen molar-refractivity contribution in [1.82, 2.24) is 9.91 Å². The monoisotopic (exact) mass is 228 g/mol. The Morgan fingerprint density at radius 2 is 2.12 bits per heavy atom. The molecule has 0 aliphatic carbocycles. The van der Waals surface area contributed by atoms with Gasteiger partial charge in [-0.1, -0.05) is 26.2 Å². The Morgan fingerprint density at radius 1 is 1.38 bits per heavy atom. The lowest BCUT2D eigenvalue weighted by Gasteiger charge is -2.21. The molecule has 0 aromatic rings. The summed E-state index contributed by atoms with van der Waals surface area (Å²) in [5.74, 6) is 0. The largest absolute Gasteiger partial charge is 0.383 e. The number of hydrogen-bond donors (Lipinski definition) is 0. The molecule has 16 heavy (non-hydrogen) atoms. The van der Waals surface area contributed by atoms with Crippen LogP contribution < -0.4 is 0 Å². The summed E-state index contributed by atoms with van der Waals surface area (Å²) >= 11 is 0. The van der Waals surface area contributed by atoms with Gasteiger partial charge >= 0.3 is 6.29 Å². The fraction of sp³-hybridized carbons (Fsp3) is 0.900. The molecule has 0 amide bonds. The van der Waals surface area contributed by atoms with Gasteiger partial charge in [-0.3, -0.25) is 15.0 Å². The van der Waals surface area contributed by atoms with Crippen LogP contribution in [0.5, 0.6) is 0 Å². The van der Waals surface area contributed by atoms with Gasteiger partial charge in [0.1, 0.15) is 6.34 Å². The summed E-state index contributed by atoms with van der Waals surface area (Å²) in [7, 11) is 0. The van der Waals surface area contributed by atoms with Crippen LogP contribution in [0.2, 0.25) is 0 Å². The van der Waals surface area contributed by atoms with Crippen LogP contribution in [-0.4, -0.2) is 40.5 Å². The number of nitrogens with zero attached hydrogens (tertiary/aromatic N) is 4. The van der Waals surface area contributed by atoms with Crippen LogP contribution in [-0.2, 0) is 0 Å². The average Bonchev–Trinajstić information content (AvgIpc) is 2.67. The van der Waals surface area contributed by atoms with Crippen LogP contribution in [0.25, 0.3) is 0 Å². The molecule has 1 rings (SSSR count). The molecule has 0 aromatic carbocycles. The molecule has 0 saturated heterocycles. The minimum atomic E-state index is -0.799. The first-order chi connectivity index (χ1) is 7.70. The lowest BCUT2D eigenvalue weighted by molar-refractivity contribution is -0.570. The molecule has 1 unspecified atom stereocenters. The van der Waals surface area contributed by atoms with Gasteiger partial charge in [-0.15, -0.1) is 0 Å². The fourth-order valence-electron chi connectivity index (χ4n) is 1.77. The molecule has 92 valence electrons. The van der Waals surface area contributed by atoms with E-state index in [9.17, 15) is 10.1 Å². The van der Waals surface area contributed by atoms with Gasteiger partial charge in [-0.2, -0.15) is 5.10 Å². The van der Waals surface area contributed by atoms with Gasteiger partial charge in [-0.05, 0) is 13.3 Å². The molecule has 1 atom stereocenters. The second-order valence-electron chi connectivity index (χ2n) is 3.92. The maximum atomic E-state index is 10.9. The second kappa shape index (κ2) is 6.30. The third-order valence-electron chi connectivity index (χ3n) is 2.71. The van der Waals surface area contributed by atoms with Crippen molar-refractivity contribution in [2.24, 2.45) is 5.10 Å². The van der Waals surface area contributed by atoms with E-state index in [0.29, 0.717) is 13.1 Å². The van der Waals surface area contributed by atoms with Gasteiger partial charge in [0, 0.05) is 13.1 Å². The quantitative estimate of drug-likeness (QED) is 0.378. The summed E-state index contributed by atoms with van der Waals surface area (Å²) in [4.78, 5) is 12.3. The van der Waals surface area contributed by atoms with Gasteiger partial charge in [0.25, 0.3) is 0 Å². The van der Waals surface area contributed by atoms with Crippen LogP contribution in [0, 0.1) is 10.1 Å². The van der Waals surface area contributed by atoms with Gasteiger partial charge in [-0.25, -0.2) is 5.01 Å². The van der Waals surface area contributed by atoms with E-state index in [-0.39, 0.29) is 4.92 Å². The van der Waals surface area contributed by atoms with Crippen molar-refractivity contribution in [2.45, 2.75) is 45.8 Å². The Morgan fingerprint density at radius 3 is 2.69 bits per heavy atom. The number of rotatable bonds is 7. The highest BCUT2D eigenvalue weighted by molar-refractivity contribution is 5.56. The molecule has 0 bridgehead atoms. The highest BCUT2D eigenvalue weighted by atomic mass is 16.6. The van der Waals surface area contributed by atoms with Crippen molar-refractivity contribution < 1.29 is 4.92 Å². The van der Waals surface area contributed by atoms with Crippen molar-refractivity contribution in [3.8, 4) is 0 Å². The maximum Gasteiger partial charge on any atom is 0.383 e. The number of nitro groups is 1. The van der Waals surface area contributed by atoms with Crippen molar-refractivity contribution in [2.75, 3.05) is 13.1 Å². The molecule has 0 spiro atoms. The van der Waals surface area contributed by atoms with Crippen molar-refractivity contribution >= 4 is 6.34 Å². The third-order valence-corrected chi connectivity index (χ3v) is 2.71. The van der Waals surface area contributed by atoms with Gasteiger partial charge in [0.15, 0.2) is 0 Å². The minimum Gasteiger partial charge on any atom is -0.279 e. The van der Waals surface area contributed by atoms with E-state index >= 15 is 0 Å². The van der Waals surface area contributed by atoms with E-state index in [0.717, 1.165) is 12.8 Å². The van der Waals surface area contributed by atoms with E-state index in [2.05, 4.69) is 12.0 Å².